The number of nitrogens with one attached hydrogen (secondary N) is 2. The number of hydrogen-bond acceptors (Lipinski definition) is 18. The van der Waals surface area contributed by atoms with E-state index in [0.717, 1.165) is 38.2 Å². The number of carbonyl (C=O) groups is 5. The number of nitrogens with zero attached hydrogens (tertiary/aromatic N) is 3. The summed E-state index contributed by atoms with van der Waals surface area (Å²) in [5.41, 5.74) is -0.707. The van der Waals surface area contributed by atoms with E-state index < -0.39 is 125 Å². The fraction of sp³-hybridized carbons (Fsp3) is 0.815. The normalized spacial score (nSPS) is 21.3. The monoisotopic (exact) mass is 1740 g/mol. The molecule has 4 N–H and O–H groups in total. The quantitative estimate of drug-likeness (QED) is 0.00541. The summed E-state index contributed by atoms with van der Waals surface area (Å²) >= 11 is 19.1. The average molecular weight is 1740 g/mol. The summed E-state index contributed by atoms with van der Waals surface area (Å²) in [4.78, 5) is 85.4. The van der Waals surface area contributed by atoms with Gasteiger partial charge < -0.3 is 73.2 Å². The number of ether oxygens (including phenoxy) is 6. The molecule has 2 amide bonds. The second kappa shape index (κ2) is 51.6. The highest BCUT2D eigenvalue weighted by molar-refractivity contribution is 6.41. The van der Waals surface area contributed by atoms with Gasteiger partial charge in [-0.3, -0.25) is 4.79 Å². The minimum Gasteiger partial charge on any atom is -1.00 e. The van der Waals surface area contributed by atoms with E-state index in [1.54, 1.807) is 12.3 Å². The van der Waals surface area contributed by atoms with Crippen LogP contribution in [0, 0.1) is 44.0 Å². The molecule has 0 aromatic carbocycles. The second-order valence-corrected chi connectivity index (χ2v) is 29.5. The Morgan fingerprint density at radius 1 is 0.543 bits per heavy atom. The van der Waals surface area contributed by atoms with Crippen molar-refractivity contribution in [3.63, 3.8) is 0 Å². The van der Waals surface area contributed by atoms with Crippen LogP contribution in [0.2, 0.25) is 0 Å². The molecule has 3 fully saturated rings. The second-order valence-electron chi connectivity index (χ2n) is 27.9. The highest BCUT2D eigenvalue weighted by atomic mass is 127. The maximum Gasteiger partial charge on any atom is 0.453 e. The first-order valence-corrected chi connectivity index (χ1v) is 34.1. The van der Waals surface area contributed by atoms with E-state index in [2.05, 4.69) is 59.3 Å². The molecule has 0 aromatic rings. The lowest BCUT2D eigenvalue weighted by atomic mass is 9.61. The van der Waals surface area contributed by atoms with Gasteiger partial charge in [0.2, 0.25) is 12.2 Å². The van der Waals surface area contributed by atoms with Gasteiger partial charge in [-0.1, -0.05) is 75.5 Å². The van der Waals surface area contributed by atoms with Crippen molar-refractivity contribution in [3.05, 3.63) is 24.8 Å². The Morgan fingerprint density at radius 3 is 1.26 bits per heavy atom. The maximum absolute atomic E-state index is 12.9. The highest BCUT2D eigenvalue weighted by Gasteiger charge is 2.58. The van der Waals surface area contributed by atoms with Gasteiger partial charge in [0, 0.05) is 56.0 Å². The van der Waals surface area contributed by atoms with Crippen LogP contribution in [-0.2, 0) is 52.4 Å². The minimum atomic E-state index is -5.64. The van der Waals surface area contributed by atoms with E-state index in [4.69, 9.17) is 85.6 Å². The predicted octanol–water partition coefficient (Wildman–Crippen LogP) is 14.2. The van der Waals surface area contributed by atoms with Gasteiger partial charge in [0.05, 0.1) is 43.6 Å². The number of aliphatic imine (C=N–C) groups is 2. The molecular formula is C65H98Cl4F15IN5O15-. The number of amides is 2. The first-order chi connectivity index (χ1) is 47.4. The number of esters is 3. The van der Waals surface area contributed by atoms with Crippen molar-refractivity contribution in [2.75, 3.05) is 70.0 Å². The maximum atomic E-state index is 12.9. The topological polar surface area (TPSA) is 288 Å². The number of alkyl carbamates (subject to hydrolysis) is 2. The molecule has 6 unspecified atom stereocenters. The van der Waals surface area contributed by atoms with E-state index in [1.807, 2.05) is 41.5 Å². The van der Waals surface area contributed by atoms with E-state index in [1.165, 1.54) is 13.0 Å². The SMILES string of the molecule is C=C(C)C(=O)OCCOC(=O)CCC1(C)CC(NC(=O)OCCCC(F)(F)C(F)(F)F)CC(C)(C)C1.C=CC(=O)OCCO.CC1(C)CC(NC(=O)OCCCC(F)(F)C(F)(F)F)CC(C)(CN=C=O)C1.CC1(C)CC(OC#N)CC(C)(CN=C=O)C1.ClCCl.ClCCl.OCCCC(F)(F)C(F)(F)F.[I-]. The number of nitriles is 1. The van der Waals surface area contributed by atoms with Crippen LogP contribution in [0.5, 0.6) is 0 Å². The first kappa shape index (κ1) is 109. The Bertz CT molecular complexity index is 2730. The van der Waals surface area contributed by atoms with E-state index in [9.17, 15) is 99.4 Å². The molecule has 3 rings (SSSR count). The van der Waals surface area contributed by atoms with Crippen molar-refractivity contribution in [1.29, 1.82) is 5.26 Å². The fourth-order valence-electron chi connectivity index (χ4n) is 12.2. The third kappa shape index (κ3) is 51.3. The number of rotatable bonds is 28. The van der Waals surface area contributed by atoms with Crippen molar-refractivity contribution in [3.8, 4) is 6.26 Å². The van der Waals surface area contributed by atoms with Crippen LogP contribution in [-0.4, -0.2) is 177 Å². The molecule has 3 aliphatic rings. The lowest BCUT2D eigenvalue weighted by Crippen LogP contribution is -3.00. The van der Waals surface area contributed by atoms with Crippen LogP contribution in [0.15, 0.2) is 34.8 Å². The number of aliphatic hydroxyl groups is 2. The van der Waals surface area contributed by atoms with Crippen LogP contribution in [0.4, 0.5) is 75.4 Å². The summed E-state index contributed by atoms with van der Waals surface area (Å²) < 4.78 is 211. The summed E-state index contributed by atoms with van der Waals surface area (Å²) in [5.74, 6) is -15.8. The van der Waals surface area contributed by atoms with Crippen LogP contribution < -0.4 is 34.6 Å². The number of alkyl halides is 19. The Hall–Kier alpha value is -4.76. The van der Waals surface area contributed by atoms with Crippen molar-refractivity contribution in [2.24, 2.45) is 42.5 Å². The van der Waals surface area contributed by atoms with Crippen molar-refractivity contribution < 1.29 is 162 Å². The van der Waals surface area contributed by atoms with Gasteiger partial charge in [0.15, 0.2) is 0 Å². The number of halogens is 20. The number of isocyanates is 2. The molecule has 0 aliphatic heterocycles. The standard InChI is InChI=1S/C24H36F5NO6.C17H25F5N2O3.C12H18N2O2.C5H7F5O.C5H8O3.2CH2Cl2.HI/c1-16(2)19(32)35-12-11-34-18(31)7-9-22(5)14-17(13-21(3,4)15-22)30-20(33)36-10-6-8-23(25,26)24(27,28)29;1-14(2)7-12(8-15(3,9-14)10-23-11-25)24-13(26)27-6-4-5-16(18,19)17(20,21)22;1-11(2)4-10(16-8-13)5-12(3,6-11)7-14-9-15;6-4(7,2-1-3-11)5(8,9)10;1-2-5(7)8-4-3-6;2*2-1-3;/h17H,1,6-15H2,2-5H3,(H,30,33);12H,4-10H2,1-3H3,(H,24,26);10H,4-7H2,1-3H3;11H,1-3H2;2,6H,1,3-4H2;2*1H2;1H/p-1. The smallest absolute Gasteiger partial charge is 0.453 e. The molecule has 0 heterocycles. The Balaban J connectivity index is -0.000000422. The summed E-state index contributed by atoms with van der Waals surface area (Å²) in [6, 6.07) is -0.620. The molecule has 3 aliphatic carbocycles. The van der Waals surface area contributed by atoms with Gasteiger partial charge in [-0.25, -0.2) is 38.8 Å². The highest BCUT2D eigenvalue weighted by Crippen LogP contribution is 2.50. The van der Waals surface area contributed by atoms with Gasteiger partial charge in [0.25, 0.3) is 6.26 Å². The minimum absolute atomic E-state index is 0. The van der Waals surface area contributed by atoms with E-state index in [-0.39, 0.29) is 130 Å². The fourth-order valence-corrected chi connectivity index (χ4v) is 12.2. The Morgan fingerprint density at radius 2 is 0.905 bits per heavy atom. The molecule has 0 aromatic heterocycles. The zero-order valence-corrected chi connectivity index (χ0v) is 65.3. The molecule has 40 heteroatoms. The summed E-state index contributed by atoms with van der Waals surface area (Å²) in [7, 11) is 0. The number of aliphatic hydroxyl groups excluding tert-OH is 2. The summed E-state index contributed by atoms with van der Waals surface area (Å²) in [5, 5.41) is 30.3. The molecular weight excluding hydrogens is 1640 g/mol. The summed E-state index contributed by atoms with van der Waals surface area (Å²) in [6.45, 7) is 25.2. The van der Waals surface area contributed by atoms with Crippen LogP contribution in [0.1, 0.15) is 178 Å². The van der Waals surface area contributed by atoms with Crippen molar-refractivity contribution in [1.82, 2.24) is 10.6 Å². The Kier molecular flexibility index (Phi) is 53.5. The molecule has 3 saturated carbocycles. The molecule has 0 bridgehead atoms. The van der Waals surface area contributed by atoms with Gasteiger partial charge in [-0.05, 0) is 123 Å². The van der Waals surface area contributed by atoms with Gasteiger partial charge >= 0.3 is 66.4 Å². The van der Waals surface area contributed by atoms with Gasteiger partial charge in [-0.2, -0.15) is 71.1 Å². The van der Waals surface area contributed by atoms with Crippen LogP contribution in [0.25, 0.3) is 0 Å². The zero-order chi connectivity index (χ0) is 81.9. The summed E-state index contributed by atoms with van der Waals surface area (Å²) in [6.07, 6.45) is -11.7. The number of carbonyl (C=O) groups excluding carboxylic acids is 7. The molecule has 105 heavy (non-hydrogen) atoms. The third-order valence-corrected chi connectivity index (χ3v) is 15.2. The molecule has 0 saturated heterocycles. The third-order valence-electron chi connectivity index (χ3n) is 15.2. The average Bonchev–Trinajstić information content (AvgIpc) is 0.811. The van der Waals surface area contributed by atoms with Crippen molar-refractivity contribution in [2.45, 2.75) is 233 Å². The Labute approximate surface area is 639 Å². The first-order valence-electron chi connectivity index (χ1n) is 32.0. The van der Waals surface area contributed by atoms with Gasteiger partial charge in [-0.15, -0.1) is 46.4 Å². The lowest BCUT2D eigenvalue weighted by Gasteiger charge is -2.46. The predicted molar refractivity (Wildman–Crippen MR) is 355 cm³/mol. The van der Waals surface area contributed by atoms with Crippen LogP contribution in [0.3, 0.4) is 0 Å². The molecule has 0 spiro atoms. The largest absolute Gasteiger partial charge is 1.00 e. The van der Waals surface area contributed by atoms with Gasteiger partial charge in [0.1, 0.15) is 25.9 Å². The molecule has 614 valence electrons. The molecule has 6 atom stereocenters. The molecule has 20 nitrogen and oxygen atoms in total. The van der Waals surface area contributed by atoms with E-state index >= 15 is 0 Å². The van der Waals surface area contributed by atoms with Crippen molar-refractivity contribution >= 4 is 88.7 Å². The number of hydrogen-bond donors (Lipinski definition) is 4. The molecule has 0 radical (unpaired) electrons. The zero-order valence-electron chi connectivity index (χ0n) is 60.1. The lowest BCUT2D eigenvalue weighted by molar-refractivity contribution is -0.285. The van der Waals surface area contributed by atoms with Crippen LogP contribution >= 0.6 is 46.4 Å². The van der Waals surface area contributed by atoms with E-state index in [0.29, 0.717) is 38.6 Å².